The van der Waals surface area contributed by atoms with E-state index < -0.39 is 0 Å². The molecule has 1 aromatic heterocycles. The Hall–Kier alpha value is -0.830. The minimum Gasteiger partial charge on any atom is -0.312 e. The van der Waals surface area contributed by atoms with Gasteiger partial charge in [0.2, 0.25) is 0 Å². The van der Waals surface area contributed by atoms with Crippen LogP contribution in [0.15, 0.2) is 6.20 Å². The van der Waals surface area contributed by atoms with Crippen molar-refractivity contribution in [3.8, 4) is 0 Å². The Kier molecular flexibility index (Phi) is 3.87. The maximum atomic E-state index is 4.48. The summed E-state index contributed by atoms with van der Waals surface area (Å²) < 4.78 is 1.93. The largest absolute Gasteiger partial charge is 0.312 e. The van der Waals surface area contributed by atoms with E-state index in [0.717, 1.165) is 13.0 Å². The van der Waals surface area contributed by atoms with Crippen molar-refractivity contribution in [2.24, 2.45) is 12.5 Å². The summed E-state index contributed by atoms with van der Waals surface area (Å²) in [6, 6.07) is 0. The van der Waals surface area contributed by atoms with Crippen LogP contribution in [0.5, 0.6) is 0 Å². The molecule has 3 nitrogen and oxygen atoms in total. The molecule has 1 fully saturated rings. The third-order valence-corrected chi connectivity index (χ3v) is 4.31. The zero-order chi connectivity index (χ0) is 12.3. The molecule has 0 aliphatic heterocycles. The Morgan fingerprint density at radius 1 is 1.41 bits per heavy atom. The van der Waals surface area contributed by atoms with Crippen molar-refractivity contribution in [1.29, 1.82) is 0 Å². The maximum Gasteiger partial charge on any atom is 0.0666 e. The minimum atomic E-state index is 0.606. The van der Waals surface area contributed by atoms with Crippen molar-refractivity contribution < 1.29 is 0 Å². The average Bonchev–Trinajstić information content (AvgIpc) is 2.63. The summed E-state index contributed by atoms with van der Waals surface area (Å²) in [5, 5.41) is 8.11. The summed E-state index contributed by atoms with van der Waals surface area (Å²) in [4.78, 5) is 0. The summed E-state index contributed by atoms with van der Waals surface area (Å²) in [6.07, 6.45) is 8.71. The SMILES string of the molecule is CCc1nn(C)cc1CNCC1(CC)CCC1. The standard InChI is InChI=1S/C14H25N3/c1-4-13-12(10-17(3)16-13)9-15-11-14(5-2)7-6-8-14/h10,15H,4-9,11H2,1-3H3. The highest BCUT2D eigenvalue weighted by Gasteiger charge is 2.34. The Labute approximate surface area is 105 Å². The number of hydrogen-bond donors (Lipinski definition) is 1. The predicted octanol–water partition coefficient (Wildman–Crippen LogP) is 2.65. The van der Waals surface area contributed by atoms with Crippen LogP contribution in [-0.4, -0.2) is 16.3 Å². The Balaban J connectivity index is 1.85. The van der Waals surface area contributed by atoms with Crippen LogP contribution in [0.25, 0.3) is 0 Å². The van der Waals surface area contributed by atoms with E-state index in [4.69, 9.17) is 0 Å². The molecule has 1 aliphatic rings. The molecule has 17 heavy (non-hydrogen) atoms. The Morgan fingerprint density at radius 2 is 2.18 bits per heavy atom. The van der Waals surface area contributed by atoms with Gasteiger partial charge in [0.1, 0.15) is 0 Å². The van der Waals surface area contributed by atoms with Gasteiger partial charge < -0.3 is 5.32 Å². The highest BCUT2D eigenvalue weighted by molar-refractivity contribution is 5.16. The fourth-order valence-electron chi connectivity index (χ4n) is 2.82. The van der Waals surface area contributed by atoms with Crippen molar-refractivity contribution in [2.45, 2.75) is 52.5 Å². The normalized spacial score (nSPS) is 18.1. The zero-order valence-corrected chi connectivity index (χ0v) is 11.4. The van der Waals surface area contributed by atoms with Crippen molar-refractivity contribution in [2.75, 3.05) is 6.54 Å². The number of nitrogens with zero attached hydrogens (tertiary/aromatic N) is 2. The van der Waals surface area contributed by atoms with Gasteiger partial charge in [-0.2, -0.15) is 5.10 Å². The van der Waals surface area contributed by atoms with E-state index in [1.165, 1.54) is 43.5 Å². The van der Waals surface area contributed by atoms with Gasteiger partial charge in [0.15, 0.2) is 0 Å². The highest BCUT2D eigenvalue weighted by Crippen LogP contribution is 2.43. The average molecular weight is 235 g/mol. The molecule has 1 heterocycles. The molecule has 0 atom stereocenters. The van der Waals surface area contributed by atoms with Crippen LogP contribution < -0.4 is 5.32 Å². The van der Waals surface area contributed by atoms with Crippen molar-refractivity contribution >= 4 is 0 Å². The number of nitrogens with one attached hydrogen (secondary N) is 1. The van der Waals surface area contributed by atoms with E-state index in [1.807, 2.05) is 11.7 Å². The molecular formula is C14H25N3. The molecule has 1 aliphatic carbocycles. The topological polar surface area (TPSA) is 29.9 Å². The summed E-state index contributed by atoms with van der Waals surface area (Å²) in [5.41, 5.74) is 3.20. The molecule has 0 saturated heterocycles. The van der Waals surface area contributed by atoms with Gasteiger partial charge >= 0.3 is 0 Å². The third kappa shape index (κ3) is 2.71. The Morgan fingerprint density at radius 3 is 2.71 bits per heavy atom. The minimum absolute atomic E-state index is 0.606. The first-order valence-electron chi connectivity index (χ1n) is 6.91. The van der Waals surface area contributed by atoms with Gasteiger partial charge in [0, 0.05) is 31.9 Å². The van der Waals surface area contributed by atoms with Crippen molar-refractivity contribution in [3.63, 3.8) is 0 Å². The summed E-state index contributed by atoms with van der Waals surface area (Å²) in [6.45, 7) is 6.63. The fourth-order valence-corrected chi connectivity index (χ4v) is 2.82. The first kappa shape index (κ1) is 12.6. The molecule has 0 spiro atoms. The molecule has 0 radical (unpaired) electrons. The number of aromatic nitrogens is 2. The van der Waals surface area contributed by atoms with Crippen LogP contribution >= 0.6 is 0 Å². The summed E-state index contributed by atoms with van der Waals surface area (Å²) in [7, 11) is 2.00. The van der Waals surface area contributed by atoms with Crippen LogP contribution in [0.2, 0.25) is 0 Å². The van der Waals surface area contributed by atoms with Crippen LogP contribution in [0.3, 0.4) is 0 Å². The van der Waals surface area contributed by atoms with Gasteiger partial charge in [-0.05, 0) is 31.1 Å². The monoisotopic (exact) mass is 235 g/mol. The molecule has 0 aromatic carbocycles. The molecule has 0 amide bonds. The molecule has 1 aromatic rings. The number of aryl methyl sites for hydroxylation is 2. The lowest BCUT2D eigenvalue weighted by atomic mass is 9.67. The molecule has 0 bridgehead atoms. The fraction of sp³-hybridized carbons (Fsp3) is 0.786. The lowest BCUT2D eigenvalue weighted by Crippen LogP contribution is -2.39. The van der Waals surface area contributed by atoms with E-state index in [0.29, 0.717) is 5.41 Å². The number of rotatable bonds is 6. The summed E-state index contributed by atoms with van der Waals surface area (Å²) >= 11 is 0. The van der Waals surface area contributed by atoms with E-state index in [-0.39, 0.29) is 0 Å². The predicted molar refractivity (Wildman–Crippen MR) is 70.9 cm³/mol. The molecular weight excluding hydrogens is 210 g/mol. The van der Waals surface area contributed by atoms with Gasteiger partial charge in [-0.15, -0.1) is 0 Å². The quantitative estimate of drug-likeness (QED) is 0.821. The first-order chi connectivity index (χ1) is 8.19. The van der Waals surface area contributed by atoms with Crippen LogP contribution in [0, 0.1) is 5.41 Å². The first-order valence-corrected chi connectivity index (χ1v) is 6.91. The van der Waals surface area contributed by atoms with Gasteiger partial charge in [-0.1, -0.05) is 20.3 Å². The molecule has 2 rings (SSSR count). The van der Waals surface area contributed by atoms with Gasteiger partial charge in [0.25, 0.3) is 0 Å². The molecule has 3 heteroatoms. The van der Waals surface area contributed by atoms with Gasteiger partial charge in [0.05, 0.1) is 5.69 Å². The maximum absolute atomic E-state index is 4.48. The van der Waals surface area contributed by atoms with Crippen molar-refractivity contribution in [1.82, 2.24) is 15.1 Å². The van der Waals surface area contributed by atoms with Crippen molar-refractivity contribution in [3.05, 3.63) is 17.5 Å². The van der Waals surface area contributed by atoms with Crippen LogP contribution in [0.4, 0.5) is 0 Å². The highest BCUT2D eigenvalue weighted by atomic mass is 15.3. The van der Waals surface area contributed by atoms with E-state index in [1.54, 1.807) is 0 Å². The van der Waals surface area contributed by atoms with E-state index in [9.17, 15) is 0 Å². The second-order valence-electron chi connectivity index (χ2n) is 5.44. The Bertz CT molecular complexity index is 358. The lowest BCUT2D eigenvalue weighted by molar-refractivity contribution is 0.124. The number of hydrogen-bond acceptors (Lipinski definition) is 2. The molecule has 0 unspecified atom stereocenters. The third-order valence-electron chi connectivity index (χ3n) is 4.31. The zero-order valence-electron chi connectivity index (χ0n) is 11.4. The van der Waals surface area contributed by atoms with Crippen LogP contribution in [0.1, 0.15) is 50.8 Å². The van der Waals surface area contributed by atoms with Crippen LogP contribution in [-0.2, 0) is 20.0 Å². The molecule has 1 saturated carbocycles. The van der Waals surface area contributed by atoms with E-state index in [2.05, 4.69) is 30.5 Å². The van der Waals surface area contributed by atoms with Gasteiger partial charge in [-0.3, -0.25) is 4.68 Å². The smallest absolute Gasteiger partial charge is 0.0666 e. The molecule has 1 N–H and O–H groups in total. The lowest BCUT2D eigenvalue weighted by Gasteiger charge is -2.41. The second kappa shape index (κ2) is 5.21. The second-order valence-corrected chi connectivity index (χ2v) is 5.44. The molecule has 96 valence electrons. The van der Waals surface area contributed by atoms with E-state index >= 15 is 0 Å². The summed E-state index contributed by atoms with van der Waals surface area (Å²) in [5.74, 6) is 0. The van der Waals surface area contributed by atoms with Gasteiger partial charge in [-0.25, -0.2) is 0 Å².